The van der Waals surface area contributed by atoms with E-state index in [2.05, 4.69) is 4.90 Å². The van der Waals surface area contributed by atoms with Crippen LogP contribution in [-0.2, 0) is 22.7 Å². The number of hydrogen-bond acceptors (Lipinski definition) is 5. The van der Waals surface area contributed by atoms with Crippen LogP contribution in [0.4, 0.5) is 4.39 Å². The molecule has 0 N–H and O–H groups in total. The van der Waals surface area contributed by atoms with Crippen LogP contribution in [0.15, 0.2) is 48.5 Å². The molecule has 0 saturated carbocycles. The standard InChI is InChI=1S/C24H29FN2O3S/c1-29-21-8-6-18(7-9-21)12-27-14-22(30-16-19-4-2-3-5-23(19)25)13-26(15-24(27)28)20-10-11-31-17-20/h2-9,20,22H,10-17H2,1H3/t20-,22+/m1/s1. The maximum atomic E-state index is 14.1. The molecule has 2 saturated heterocycles. The summed E-state index contributed by atoms with van der Waals surface area (Å²) in [5, 5.41) is 0. The molecule has 2 aromatic rings. The van der Waals surface area contributed by atoms with Gasteiger partial charge in [0.2, 0.25) is 5.91 Å². The van der Waals surface area contributed by atoms with Crippen LogP contribution in [0.2, 0.25) is 0 Å². The molecule has 31 heavy (non-hydrogen) atoms. The Morgan fingerprint density at radius 1 is 1.13 bits per heavy atom. The zero-order valence-corrected chi connectivity index (χ0v) is 18.7. The van der Waals surface area contributed by atoms with Crippen molar-refractivity contribution in [3.05, 3.63) is 65.5 Å². The topological polar surface area (TPSA) is 42.0 Å². The van der Waals surface area contributed by atoms with Gasteiger partial charge in [0.15, 0.2) is 0 Å². The van der Waals surface area contributed by atoms with E-state index in [1.165, 1.54) is 6.07 Å². The Bertz CT molecular complexity index is 873. The average Bonchev–Trinajstić information content (AvgIpc) is 3.27. The summed E-state index contributed by atoms with van der Waals surface area (Å²) < 4.78 is 25.5. The maximum absolute atomic E-state index is 14.1. The minimum Gasteiger partial charge on any atom is -0.497 e. The highest BCUT2D eigenvalue weighted by molar-refractivity contribution is 7.99. The highest BCUT2D eigenvalue weighted by atomic mass is 32.2. The number of hydrogen-bond donors (Lipinski definition) is 0. The number of nitrogens with zero attached hydrogens (tertiary/aromatic N) is 2. The van der Waals surface area contributed by atoms with Crippen molar-refractivity contribution in [3.63, 3.8) is 0 Å². The van der Waals surface area contributed by atoms with Crippen LogP contribution in [-0.4, -0.2) is 66.1 Å². The molecule has 1 amide bonds. The van der Waals surface area contributed by atoms with Crippen LogP contribution in [0.5, 0.6) is 5.75 Å². The summed E-state index contributed by atoms with van der Waals surface area (Å²) in [4.78, 5) is 17.3. The van der Waals surface area contributed by atoms with Gasteiger partial charge < -0.3 is 14.4 Å². The van der Waals surface area contributed by atoms with Crippen molar-refractivity contribution >= 4 is 17.7 Å². The van der Waals surface area contributed by atoms with Crippen molar-refractivity contribution in [2.24, 2.45) is 0 Å². The molecular weight excluding hydrogens is 415 g/mol. The Balaban J connectivity index is 1.48. The predicted molar refractivity (Wildman–Crippen MR) is 121 cm³/mol. The Labute approximate surface area is 187 Å². The van der Waals surface area contributed by atoms with Crippen LogP contribution in [0.3, 0.4) is 0 Å². The molecule has 7 heteroatoms. The Morgan fingerprint density at radius 3 is 2.65 bits per heavy atom. The van der Waals surface area contributed by atoms with E-state index < -0.39 is 0 Å². The van der Waals surface area contributed by atoms with E-state index in [1.807, 2.05) is 47.0 Å². The highest BCUT2D eigenvalue weighted by Gasteiger charge is 2.33. The Hall–Kier alpha value is -2.09. The van der Waals surface area contributed by atoms with Crippen LogP contribution >= 0.6 is 11.8 Å². The first kappa shape index (κ1) is 22.1. The molecule has 5 nitrogen and oxygen atoms in total. The van der Waals surface area contributed by atoms with Gasteiger partial charge in [-0.2, -0.15) is 11.8 Å². The molecule has 2 aliphatic heterocycles. The molecule has 2 aliphatic rings. The largest absolute Gasteiger partial charge is 0.497 e. The van der Waals surface area contributed by atoms with E-state index in [0.717, 1.165) is 29.2 Å². The van der Waals surface area contributed by atoms with Crippen molar-refractivity contribution in [3.8, 4) is 5.75 Å². The Kier molecular flexibility index (Phi) is 7.48. The fourth-order valence-corrected chi connectivity index (χ4v) is 5.38. The third-order valence-electron chi connectivity index (χ3n) is 5.94. The van der Waals surface area contributed by atoms with E-state index in [4.69, 9.17) is 9.47 Å². The second kappa shape index (κ2) is 10.5. The number of benzene rings is 2. The third-order valence-corrected chi connectivity index (χ3v) is 7.08. The van der Waals surface area contributed by atoms with Crippen LogP contribution in [0, 0.1) is 5.82 Å². The maximum Gasteiger partial charge on any atom is 0.237 e. The summed E-state index contributed by atoms with van der Waals surface area (Å²) in [7, 11) is 1.64. The van der Waals surface area contributed by atoms with Gasteiger partial charge in [0, 0.05) is 37.0 Å². The van der Waals surface area contributed by atoms with Gasteiger partial charge in [0.1, 0.15) is 11.6 Å². The van der Waals surface area contributed by atoms with Gasteiger partial charge in [0.25, 0.3) is 0 Å². The molecule has 2 heterocycles. The third kappa shape index (κ3) is 5.79. The summed E-state index contributed by atoms with van der Waals surface area (Å²) in [5.74, 6) is 2.83. The van der Waals surface area contributed by atoms with Crippen LogP contribution in [0.1, 0.15) is 17.5 Å². The van der Waals surface area contributed by atoms with Crippen molar-refractivity contribution < 1.29 is 18.7 Å². The smallest absolute Gasteiger partial charge is 0.237 e. The number of methoxy groups -OCH3 is 1. The monoisotopic (exact) mass is 444 g/mol. The normalized spacial score (nSPS) is 22.5. The number of carbonyl (C=O) groups excluding carboxylic acids is 1. The first-order chi connectivity index (χ1) is 15.1. The first-order valence-corrected chi connectivity index (χ1v) is 11.9. The molecule has 0 radical (unpaired) electrons. The number of rotatable bonds is 7. The van der Waals surface area contributed by atoms with Gasteiger partial charge in [-0.25, -0.2) is 4.39 Å². The molecule has 2 aromatic carbocycles. The van der Waals surface area contributed by atoms with E-state index >= 15 is 0 Å². The lowest BCUT2D eigenvalue weighted by molar-refractivity contribution is -0.132. The first-order valence-electron chi connectivity index (χ1n) is 10.7. The van der Waals surface area contributed by atoms with Crippen molar-refractivity contribution in [1.29, 1.82) is 0 Å². The van der Waals surface area contributed by atoms with E-state index in [9.17, 15) is 9.18 Å². The van der Waals surface area contributed by atoms with Gasteiger partial charge in [-0.3, -0.25) is 9.69 Å². The number of ether oxygens (including phenoxy) is 2. The summed E-state index contributed by atoms with van der Waals surface area (Å²) in [6, 6.07) is 14.9. The second-order valence-corrected chi connectivity index (χ2v) is 9.24. The Morgan fingerprint density at radius 2 is 1.94 bits per heavy atom. The number of carbonyl (C=O) groups is 1. The second-order valence-electron chi connectivity index (χ2n) is 8.09. The number of thioether (sulfide) groups is 1. The minimum absolute atomic E-state index is 0.115. The lowest BCUT2D eigenvalue weighted by Gasteiger charge is -2.28. The van der Waals surface area contributed by atoms with Crippen LogP contribution in [0.25, 0.3) is 0 Å². The van der Waals surface area contributed by atoms with E-state index in [0.29, 0.717) is 37.8 Å². The minimum atomic E-state index is -0.258. The number of amides is 1. The summed E-state index contributed by atoms with van der Waals surface area (Å²) in [5.41, 5.74) is 1.59. The average molecular weight is 445 g/mol. The predicted octanol–water partition coefficient (Wildman–Crippen LogP) is 3.57. The zero-order chi connectivity index (χ0) is 21.6. The molecule has 2 fully saturated rings. The molecule has 0 spiro atoms. The molecule has 166 valence electrons. The molecule has 0 aromatic heterocycles. The van der Waals surface area contributed by atoms with Crippen molar-refractivity contribution in [2.75, 3.05) is 38.2 Å². The van der Waals surface area contributed by atoms with Crippen molar-refractivity contribution in [2.45, 2.75) is 31.7 Å². The molecule has 2 atom stereocenters. The molecule has 0 unspecified atom stereocenters. The highest BCUT2D eigenvalue weighted by Crippen LogP contribution is 2.25. The van der Waals surface area contributed by atoms with E-state index in [-0.39, 0.29) is 24.4 Å². The molecule has 4 rings (SSSR count). The fraction of sp³-hybridized carbons (Fsp3) is 0.458. The quantitative estimate of drug-likeness (QED) is 0.653. The van der Waals surface area contributed by atoms with Gasteiger partial charge in [-0.1, -0.05) is 30.3 Å². The summed E-state index contributed by atoms with van der Waals surface area (Å²) >= 11 is 1.94. The summed E-state index contributed by atoms with van der Waals surface area (Å²) in [6.07, 6.45) is 0.922. The van der Waals surface area contributed by atoms with Crippen LogP contribution < -0.4 is 4.74 Å². The SMILES string of the molecule is COc1ccc(CN2C[C@@H](OCc3ccccc3F)CN([C@@H]3CCSC3)CC2=O)cc1. The van der Waals surface area contributed by atoms with Crippen molar-refractivity contribution in [1.82, 2.24) is 9.80 Å². The van der Waals surface area contributed by atoms with E-state index in [1.54, 1.807) is 19.2 Å². The van der Waals surface area contributed by atoms with Gasteiger partial charge >= 0.3 is 0 Å². The zero-order valence-electron chi connectivity index (χ0n) is 17.8. The molecule has 0 bridgehead atoms. The number of halogens is 1. The van der Waals surface area contributed by atoms with Gasteiger partial charge in [0.05, 0.1) is 26.4 Å². The lowest BCUT2D eigenvalue weighted by Crippen LogP contribution is -2.42. The van der Waals surface area contributed by atoms with Gasteiger partial charge in [-0.05, 0) is 35.9 Å². The fourth-order valence-electron chi connectivity index (χ4n) is 4.13. The van der Waals surface area contributed by atoms with Gasteiger partial charge in [-0.15, -0.1) is 0 Å². The lowest BCUT2D eigenvalue weighted by atomic mass is 10.2. The summed E-state index contributed by atoms with van der Waals surface area (Å²) in [6.45, 7) is 2.31. The molecule has 0 aliphatic carbocycles. The molecular formula is C24H29FN2O3S.